The van der Waals surface area contributed by atoms with Crippen LogP contribution >= 0.6 is 0 Å². The SMILES string of the molecule is CN1CCC(C(=O)NC2(C)CNC2)C1. The Labute approximate surface area is 85.0 Å². The van der Waals surface area contributed by atoms with Gasteiger partial charge in [-0.1, -0.05) is 0 Å². The average Bonchev–Trinajstić information content (AvgIpc) is 2.49. The monoisotopic (exact) mass is 197 g/mol. The van der Waals surface area contributed by atoms with Crippen LogP contribution in [0.5, 0.6) is 0 Å². The zero-order valence-electron chi connectivity index (χ0n) is 8.97. The van der Waals surface area contributed by atoms with E-state index >= 15 is 0 Å². The van der Waals surface area contributed by atoms with Gasteiger partial charge in [0.25, 0.3) is 0 Å². The van der Waals surface area contributed by atoms with Crippen molar-refractivity contribution < 1.29 is 4.79 Å². The van der Waals surface area contributed by atoms with Gasteiger partial charge in [-0.05, 0) is 26.9 Å². The number of hydrogen-bond donors (Lipinski definition) is 2. The van der Waals surface area contributed by atoms with Crippen molar-refractivity contribution in [3.8, 4) is 0 Å². The minimum atomic E-state index is 0.0121. The van der Waals surface area contributed by atoms with Gasteiger partial charge in [0.05, 0.1) is 11.5 Å². The molecule has 0 aromatic carbocycles. The molecule has 1 amide bonds. The molecule has 0 spiro atoms. The van der Waals surface area contributed by atoms with Crippen LogP contribution in [-0.4, -0.2) is 49.6 Å². The molecule has 80 valence electrons. The van der Waals surface area contributed by atoms with Crippen LogP contribution in [0.3, 0.4) is 0 Å². The first-order valence-corrected chi connectivity index (χ1v) is 5.30. The average molecular weight is 197 g/mol. The van der Waals surface area contributed by atoms with Gasteiger partial charge in [-0.15, -0.1) is 0 Å². The molecule has 0 bridgehead atoms. The number of likely N-dealkylation sites (tertiary alicyclic amines) is 1. The molecular formula is C10H19N3O. The van der Waals surface area contributed by atoms with Crippen molar-refractivity contribution in [3.05, 3.63) is 0 Å². The maximum atomic E-state index is 11.8. The first-order chi connectivity index (χ1) is 6.59. The Hall–Kier alpha value is -0.610. The second-order valence-electron chi connectivity index (χ2n) is 4.90. The molecule has 1 unspecified atom stereocenters. The van der Waals surface area contributed by atoms with Gasteiger partial charge in [-0.3, -0.25) is 4.79 Å². The van der Waals surface area contributed by atoms with Gasteiger partial charge in [0, 0.05) is 19.6 Å². The van der Waals surface area contributed by atoms with Crippen molar-refractivity contribution in [2.24, 2.45) is 5.92 Å². The van der Waals surface area contributed by atoms with E-state index in [0.29, 0.717) is 0 Å². The summed E-state index contributed by atoms with van der Waals surface area (Å²) in [6, 6.07) is 0. The molecule has 2 aliphatic rings. The lowest BCUT2D eigenvalue weighted by molar-refractivity contribution is -0.127. The van der Waals surface area contributed by atoms with Gasteiger partial charge in [-0.2, -0.15) is 0 Å². The van der Waals surface area contributed by atoms with Gasteiger partial charge in [-0.25, -0.2) is 0 Å². The van der Waals surface area contributed by atoms with Gasteiger partial charge in [0.1, 0.15) is 0 Å². The summed E-state index contributed by atoms with van der Waals surface area (Å²) in [6.07, 6.45) is 1.01. The quantitative estimate of drug-likeness (QED) is 0.622. The Balaban J connectivity index is 1.83. The Morgan fingerprint density at radius 3 is 2.71 bits per heavy atom. The minimum absolute atomic E-state index is 0.0121. The van der Waals surface area contributed by atoms with Crippen LogP contribution in [0.15, 0.2) is 0 Å². The van der Waals surface area contributed by atoms with Crippen LogP contribution in [0.25, 0.3) is 0 Å². The highest BCUT2D eigenvalue weighted by Gasteiger charge is 2.36. The number of nitrogens with one attached hydrogen (secondary N) is 2. The molecule has 2 rings (SSSR count). The van der Waals surface area contributed by atoms with Crippen LogP contribution in [0, 0.1) is 5.92 Å². The molecule has 0 saturated carbocycles. The molecule has 0 radical (unpaired) electrons. The van der Waals surface area contributed by atoms with E-state index in [2.05, 4.69) is 29.5 Å². The van der Waals surface area contributed by atoms with E-state index in [9.17, 15) is 4.79 Å². The maximum absolute atomic E-state index is 11.8. The molecule has 0 aromatic heterocycles. The lowest BCUT2D eigenvalue weighted by Gasteiger charge is -2.40. The lowest BCUT2D eigenvalue weighted by atomic mass is 9.94. The predicted molar refractivity (Wildman–Crippen MR) is 55.0 cm³/mol. The third kappa shape index (κ3) is 1.91. The molecule has 0 aliphatic carbocycles. The molecule has 2 aliphatic heterocycles. The Morgan fingerprint density at radius 1 is 1.57 bits per heavy atom. The topological polar surface area (TPSA) is 44.4 Å². The highest BCUT2D eigenvalue weighted by molar-refractivity contribution is 5.80. The molecule has 14 heavy (non-hydrogen) atoms. The number of amides is 1. The summed E-state index contributed by atoms with van der Waals surface area (Å²) in [5.41, 5.74) is 0.0121. The standard InChI is InChI=1S/C10H19N3O/c1-10(6-11-7-10)12-9(14)8-3-4-13(2)5-8/h8,11H,3-7H2,1-2H3,(H,12,14). The van der Waals surface area contributed by atoms with Gasteiger partial charge in [0.2, 0.25) is 5.91 Å². The number of carbonyl (C=O) groups is 1. The van der Waals surface area contributed by atoms with Crippen LogP contribution in [-0.2, 0) is 4.79 Å². The summed E-state index contributed by atoms with van der Waals surface area (Å²) in [7, 11) is 2.07. The van der Waals surface area contributed by atoms with Crippen molar-refractivity contribution in [1.82, 2.24) is 15.5 Å². The maximum Gasteiger partial charge on any atom is 0.224 e. The predicted octanol–water partition coefficient (Wildman–Crippen LogP) is -0.584. The fourth-order valence-corrected chi connectivity index (χ4v) is 2.14. The molecule has 4 nitrogen and oxygen atoms in total. The number of rotatable bonds is 2. The summed E-state index contributed by atoms with van der Waals surface area (Å²) < 4.78 is 0. The van der Waals surface area contributed by atoms with E-state index in [0.717, 1.165) is 32.6 Å². The lowest BCUT2D eigenvalue weighted by Crippen LogP contribution is -2.67. The fourth-order valence-electron chi connectivity index (χ4n) is 2.14. The van der Waals surface area contributed by atoms with Crippen LogP contribution in [0.4, 0.5) is 0 Å². The van der Waals surface area contributed by atoms with E-state index in [1.165, 1.54) is 0 Å². The van der Waals surface area contributed by atoms with Gasteiger partial charge >= 0.3 is 0 Å². The zero-order chi connectivity index (χ0) is 10.2. The second kappa shape index (κ2) is 3.51. The van der Waals surface area contributed by atoms with E-state index in [4.69, 9.17) is 0 Å². The smallest absolute Gasteiger partial charge is 0.224 e. The Kier molecular flexibility index (Phi) is 2.49. The number of hydrogen-bond acceptors (Lipinski definition) is 3. The molecule has 2 N–H and O–H groups in total. The molecule has 2 saturated heterocycles. The second-order valence-corrected chi connectivity index (χ2v) is 4.90. The van der Waals surface area contributed by atoms with Gasteiger partial charge in [0.15, 0.2) is 0 Å². The molecular weight excluding hydrogens is 178 g/mol. The van der Waals surface area contributed by atoms with Crippen LogP contribution in [0.2, 0.25) is 0 Å². The van der Waals surface area contributed by atoms with Crippen molar-refractivity contribution in [3.63, 3.8) is 0 Å². The highest BCUT2D eigenvalue weighted by Crippen LogP contribution is 2.17. The normalized spacial score (nSPS) is 31.1. The third-order valence-electron chi connectivity index (χ3n) is 3.22. The molecule has 0 aromatic rings. The minimum Gasteiger partial charge on any atom is -0.348 e. The number of nitrogens with zero attached hydrogens (tertiary/aromatic N) is 1. The van der Waals surface area contributed by atoms with E-state index < -0.39 is 0 Å². The van der Waals surface area contributed by atoms with Crippen molar-refractivity contribution in [2.45, 2.75) is 18.9 Å². The van der Waals surface area contributed by atoms with Crippen molar-refractivity contribution >= 4 is 5.91 Å². The number of carbonyl (C=O) groups excluding carboxylic acids is 1. The molecule has 1 atom stereocenters. The van der Waals surface area contributed by atoms with Crippen molar-refractivity contribution in [2.75, 3.05) is 33.2 Å². The zero-order valence-corrected chi connectivity index (χ0v) is 8.97. The van der Waals surface area contributed by atoms with Crippen molar-refractivity contribution in [1.29, 1.82) is 0 Å². The van der Waals surface area contributed by atoms with Crippen LogP contribution in [0.1, 0.15) is 13.3 Å². The van der Waals surface area contributed by atoms with Crippen LogP contribution < -0.4 is 10.6 Å². The molecule has 2 fully saturated rings. The molecule has 4 heteroatoms. The Bertz CT molecular complexity index is 238. The van der Waals surface area contributed by atoms with Gasteiger partial charge < -0.3 is 15.5 Å². The summed E-state index contributed by atoms with van der Waals surface area (Å²) >= 11 is 0. The molecule has 2 heterocycles. The summed E-state index contributed by atoms with van der Waals surface area (Å²) in [4.78, 5) is 14.0. The largest absolute Gasteiger partial charge is 0.348 e. The first kappa shape index (κ1) is 9.93. The summed E-state index contributed by atoms with van der Waals surface area (Å²) in [6.45, 7) is 5.87. The fraction of sp³-hybridized carbons (Fsp3) is 0.900. The summed E-state index contributed by atoms with van der Waals surface area (Å²) in [5.74, 6) is 0.441. The highest BCUT2D eigenvalue weighted by atomic mass is 16.2. The van der Waals surface area contributed by atoms with E-state index in [1.807, 2.05) is 0 Å². The first-order valence-electron chi connectivity index (χ1n) is 5.30. The van der Waals surface area contributed by atoms with E-state index in [-0.39, 0.29) is 17.4 Å². The third-order valence-corrected chi connectivity index (χ3v) is 3.22. The Morgan fingerprint density at radius 2 is 2.29 bits per heavy atom. The summed E-state index contributed by atoms with van der Waals surface area (Å²) in [5, 5.41) is 6.31. The van der Waals surface area contributed by atoms with E-state index in [1.54, 1.807) is 0 Å².